The van der Waals surface area contributed by atoms with Gasteiger partial charge in [0.2, 0.25) is 10.0 Å². The van der Waals surface area contributed by atoms with Crippen LogP contribution in [0, 0.1) is 0 Å². The van der Waals surface area contributed by atoms with Gasteiger partial charge in [0.15, 0.2) is 0 Å². The van der Waals surface area contributed by atoms with E-state index in [0.717, 1.165) is 0 Å². The summed E-state index contributed by atoms with van der Waals surface area (Å²) in [6, 6.07) is 6.04. The van der Waals surface area contributed by atoms with Crippen LogP contribution in [0.5, 0.6) is 0 Å². The first kappa shape index (κ1) is 20.9. The number of sulfonamides is 1. The molecule has 0 spiro atoms. The average Bonchev–Trinajstić information content (AvgIpc) is 2.51. The molecule has 1 heterocycles. The van der Waals surface area contributed by atoms with E-state index < -0.39 is 10.0 Å². The van der Waals surface area contributed by atoms with Gasteiger partial charge in [-0.1, -0.05) is 6.07 Å². The largest absolute Gasteiger partial charge is 0.373 e. The number of hydrogen-bond donors (Lipinski definition) is 2. The molecule has 1 aromatic rings. The summed E-state index contributed by atoms with van der Waals surface area (Å²) >= 11 is 0. The van der Waals surface area contributed by atoms with Gasteiger partial charge < -0.3 is 15.8 Å². The summed E-state index contributed by atoms with van der Waals surface area (Å²) in [7, 11) is -3.66. The maximum atomic E-state index is 12.8. The number of carbonyl (C=O) groups is 1. The third kappa shape index (κ3) is 4.90. The molecule has 2 unspecified atom stereocenters. The Labute approximate surface area is 149 Å². The molecular weight excluding hydrogens is 354 g/mol. The van der Waals surface area contributed by atoms with Crippen molar-refractivity contribution in [1.82, 2.24) is 9.62 Å². The molecular formula is C15H24ClN3O4S. The minimum atomic E-state index is -3.66. The zero-order valence-electron chi connectivity index (χ0n) is 13.8. The van der Waals surface area contributed by atoms with Gasteiger partial charge in [-0.3, -0.25) is 4.79 Å². The van der Waals surface area contributed by atoms with Crippen molar-refractivity contribution in [2.24, 2.45) is 5.73 Å². The SMILES string of the molecule is CC1CN(S(=O)(=O)c2cccc(C(=O)NCCN)c2)CC(C)O1.Cl. The van der Waals surface area contributed by atoms with Gasteiger partial charge in [0.25, 0.3) is 5.91 Å². The van der Waals surface area contributed by atoms with Gasteiger partial charge in [0, 0.05) is 31.7 Å². The van der Waals surface area contributed by atoms with Gasteiger partial charge in [-0.05, 0) is 32.0 Å². The Morgan fingerprint density at radius 1 is 1.33 bits per heavy atom. The molecule has 136 valence electrons. The zero-order chi connectivity index (χ0) is 17.0. The molecule has 7 nitrogen and oxygen atoms in total. The monoisotopic (exact) mass is 377 g/mol. The third-order valence-electron chi connectivity index (χ3n) is 3.55. The smallest absolute Gasteiger partial charge is 0.251 e. The van der Waals surface area contributed by atoms with Gasteiger partial charge in [-0.2, -0.15) is 4.31 Å². The van der Waals surface area contributed by atoms with E-state index in [0.29, 0.717) is 31.7 Å². The number of morpholine rings is 1. The lowest BCUT2D eigenvalue weighted by Gasteiger charge is -2.34. The number of hydrogen-bond acceptors (Lipinski definition) is 5. The van der Waals surface area contributed by atoms with Crippen LogP contribution in [0.1, 0.15) is 24.2 Å². The molecule has 24 heavy (non-hydrogen) atoms. The summed E-state index contributed by atoms with van der Waals surface area (Å²) in [6.45, 7) is 4.96. The fourth-order valence-electron chi connectivity index (χ4n) is 2.56. The molecule has 0 saturated carbocycles. The second-order valence-corrected chi connectivity index (χ2v) is 7.59. The molecule has 0 aliphatic carbocycles. The predicted molar refractivity (Wildman–Crippen MR) is 93.8 cm³/mol. The van der Waals surface area contributed by atoms with E-state index in [2.05, 4.69) is 5.32 Å². The Bertz CT molecular complexity index is 658. The highest BCUT2D eigenvalue weighted by Crippen LogP contribution is 2.21. The van der Waals surface area contributed by atoms with Gasteiger partial charge in [0.05, 0.1) is 17.1 Å². The molecule has 1 aliphatic heterocycles. The molecule has 1 amide bonds. The molecule has 1 aromatic carbocycles. The summed E-state index contributed by atoms with van der Waals surface area (Å²) in [5.74, 6) is -0.337. The van der Waals surface area contributed by atoms with Gasteiger partial charge in [-0.15, -0.1) is 12.4 Å². The number of ether oxygens (including phenoxy) is 1. The van der Waals surface area contributed by atoms with E-state index in [1.807, 2.05) is 13.8 Å². The van der Waals surface area contributed by atoms with Crippen LogP contribution in [-0.4, -0.2) is 57.0 Å². The molecule has 0 aromatic heterocycles. The van der Waals surface area contributed by atoms with Gasteiger partial charge >= 0.3 is 0 Å². The zero-order valence-corrected chi connectivity index (χ0v) is 15.4. The van der Waals surface area contributed by atoms with Crippen LogP contribution in [0.2, 0.25) is 0 Å². The Hall–Kier alpha value is -1.19. The molecule has 0 bridgehead atoms. The lowest BCUT2D eigenvalue weighted by Crippen LogP contribution is -2.48. The van der Waals surface area contributed by atoms with Crippen molar-refractivity contribution in [2.75, 3.05) is 26.2 Å². The van der Waals surface area contributed by atoms with E-state index in [9.17, 15) is 13.2 Å². The summed E-state index contributed by atoms with van der Waals surface area (Å²) in [6.07, 6.45) is -0.325. The summed E-state index contributed by atoms with van der Waals surface area (Å²) in [5.41, 5.74) is 5.65. The van der Waals surface area contributed by atoms with Crippen molar-refractivity contribution in [3.8, 4) is 0 Å². The van der Waals surface area contributed by atoms with Crippen molar-refractivity contribution >= 4 is 28.3 Å². The second kappa shape index (κ2) is 8.77. The summed E-state index contributed by atoms with van der Waals surface area (Å²) in [4.78, 5) is 12.1. The minimum Gasteiger partial charge on any atom is -0.373 e. The summed E-state index contributed by atoms with van der Waals surface area (Å²) < 4.78 is 32.5. The Morgan fingerprint density at radius 2 is 1.96 bits per heavy atom. The number of nitrogens with two attached hydrogens (primary N) is 1. The fourth-order valence-corrected chi connectivity index (χ4v) is 4.20. The minimum absolute atomic E-state index is 0. The van der Waals surface area contributed by atoms with Crippen LogP contribution in [-0.2, 0) is 14.8 Å². The number of rotatable bonds is 5. The number of nitrogens with zero attached hydrogens (tertiary/aromatic N) is 1. The average molecular weight is 378 g/mol. The topological polar surface area (TPSA) is 102 Å². The van der Waals surface area contributed by atoms with Crippen LogP contribution in [0.4, 0.5) is 0 Å². The fraction of sp³-hybridized carbons (Fsp3) is 0.533. The van der Waals surface area contributed by atoms with Crippen LogP contribution < -0.4 is 11.1 Å². The standard InChI is InChI=1S/C15H23N3O4S.ClH/c1-11-9-18(10-12(2)22-11)23(20,21)14-5-3-4-13(8-14)15(19)17-7-6-16;/h3-5,8,11-12H,6-7,9-10,16H2,1-2H3,(H,17,19);1H. The molecule has 1 saturated heterocycles. The molecule has 3 N–H and O–H groups in total. The highest BCUT2D eigenvalue weighted by Gasteiger charge is 2.32. The van der Waals surface area contributed by atoms with E-state index in [4.69, 9.17) is 10.5 Å². The molecule has 2 atom stereocenters. The van der Waals surface area contributed by atoms with Crippen molar-refractivity contribution < 1.29 is 17.9 Å². The van der Waals surface area contributed by atoms with Crippen molar-refractivity contribution in [1.29, 1.82) is 0 Å². The van der Waals surface area contributed by atoms with Crippen LogP contribution in [0.15, 0.2) is 29.2 Å². The first-order valence-corrected chi connectivity index (χ1v) is 9.02. The highest BCUT2D eigenvalue weighted by atomic mass is 35.5. The molecule has 2 rings (SSSR count). The Morgan fingerprint density at radius 3 is 2.54 bits per heavy atom. The quantitative estimate of drug-likeness (QED) is 0.782. The van der Waals surface area contributed by atoms with Gasteiger partial charge in [-0.25, -0.2) is 8.42 Å². The maximum Gasteiger partial charge on any atom is 0.251 e. The first-order chi connectivity index (χ1) is 10.8. The molecule has 1 fully saturated rings. The van der Waals surface area contributed by atoms with E-state index in [-0.39, 0.29) is 35.4 Å². The van der Waals surface area contributed by atoms with Crippen molar-refractivity contribution in [2.45, 2.75) is 31.0 Å². The first-order valence-electron chi connectivity index (χ1n) is 7.58. The highest BCUT2D eigenvalue weighted by molar-refractivity contribution is 7.89. The number of halogens is 1. The van der Waals surface area contributed by atoms with E-state index in [1.165, 1.54) is 16.4 Å². The number of benzene rings is 1. The lowest BCUT2D eigenvalue weighted by molar-refractivity contribution is -0.0440. The second-order valence-electron chi connectivity index (χ2n) is 5.65. The van der Waals surface area contributed by atoms with Crippen LogP contribution in [0.25, 0.3) is 0 Å². The Balaban J connectivity index is 0.00000288. The van der Waals surface area contributed by atoms with Crippen LogP contribution in [0.3, 0.4) is 0 Å². The molecule has 0 radical (unpaired) electrons. The van der Waals surface area contributed by atoms with Crippen LogP contribution >= 0.6 is 12.4 Å². The molecule has 9 heteroatoms. The number of carbonyl (C=O) groups excluding carboxylic acids is 1. The normalized spacial score (nSPS) is 21.8. The Kier molecular flexibility index (Phi) is 7.62. The maximum absolute atomic E-state index is 12.8. The third-order valence-corrected chi connectivity index (χ3v) is 5.38. The van der Waals surface area contributed by atoms with Crippen molar-refractivity contribution in [3.63, 3.8) is 0 Å². The van der Waals surface area contributed by atoms with Crippen molar-refractivity contribution in [3.05, 3.63) is 29.8 Å². The van der Waals surface area contributed by atoms with E-state index >= 15 is 0 Å². The van der Waals surface area contributed by atoms with Gasteiger partial charge in [0.1, 0.15) is 0 Å². The predicted octanol–water partition coefficient (Wildman–Crippen LogP) is 0.595. The number of nitrogens with one attached hydrogen (secondary N) is 1. The van der Waals surface area contributed by atoms with E-state index in [1.54, 1.807) is 12.1 Å². The molecule has 1 aliphatic rings. The number of amides is 1. The summed E-state index contributed by atoms with van der Waals surface area (Å²) in [5, 5.41) is 2.63. The lowest BCUT2D eigenvalue weighted by atomic mass is 10.2.